The number of hydrogen-bond acceptors (Lipinski definition) is 9. The van der Waals surface area contributed by atoms with Crippen molar-refractivity contribution >= 4 is 17.9 Å². The average Bonchev–Trinajstić information content (AvgIpc) is 2.95. The highest BCUT2D eigenvalue weighted by Crippen LogP contribution is 2.43. The van der Waals surface area contributed by atoms with Gasteiger partial charge in [-0.25, -0.2) is 14.4 Å². The van der Waals surface area contributed by atoms with Crippen LogP contribution in [0.15, 0.2) is 60.7 Å². The second-order valence-electron chi connectivity index (χ2n) is 14.6. The summed E-state index contributed by atoms with van der Waals surface area (Å²) in [6.45, 7) is 17.6. The zero-order valence-corrected chi connectivity index (χ0v) is 30.3. The van der Waals surface area contributed by atoms with Gasteiger partial charge in [0, 0.05) is 25.3 Å². The van der Waals surface area contributed by atoms with E-state index < -0.39 is 53.5 Å². The zero-order chi connectivity index (χ0) is 36.0. The molecule has 0 N–H and O–H groups in total. The standard InChI is InChI=1S/C39H50O9/c1-24-21-29(32(43-11)25-17-13-15-19-27(25)35(41)47-38(5,6)7)34(45-23-31(40)46-37(2,3)4)30(22-24)33(44-12)26-18-14-16-20-28(26)36(42)48-39(8,9)10/h13-22,32-33H,23H2,1-12H3. The summed E-state index contributed by atoms with van der Waals surface area (Å²) in [5.74, 6) is -1.31. The van der Waals surface area contributed by atoms with Crippen LogP contribution in [0.25, 0.3) is 0 Å². The summed E-state index contributed by atoms with van der Waals surface area (Å²) in [7, 11) is 3.06. The van der Waals surface area contributed by atoms with E-state index in [1.54, 1.807) is 98.7 Å². The fourth-order valence-corrected chi connectivity index (χ4v) is 5.22. The number of methoxy groups -OCH3 is 2. The molecule has 9 nitrogen and oxygen atoms in total. The van der Waals surface area contributed by atoms with E-state index in [-0.39, 0.29) is 5.75 Å². The summed E-state index contributed by atoms with van der Waals surface area (Å²) in [6.07, 6.45) is -1.67. The number of carbonyl (C=O) groups excluding carboxylic acids is 3. The van der Waals surface area contributed by atoms with Crippen molar-refractivity contribution in [1.82, 2.24) is 0 Å². The quantitative estimate of drug-likeness (QED) is 0.149. The van der Waals surface area contributed by atoms with Crippen LogP contribution in [0.3, 0.4) is 0 Å². The van der Waals surface area contributed by atoms with Crippen LogP contribution in [0.4, 0.5) is 0 Å². The van der Waals surface area contributed by atoms with Gasteiger partial charge in [-0.15, -0.1) is 0 Å². The van der Waals surface area contributed by atoms with Gasteiger partial charge < -0.3 is 28.4 Å². The van der Waals surface area contributed by atoms with Gasteiger partial charge in [-0.2, -0.15) is 0 Å². The van der Waals surface area contributed by atoms with Gasteiger partial charge in [0.15, 0.2) is 6.61 Å². The summed E-state index contributed by atoms with van der Waals surface area (Å²) >= 11 is 0. The molecule has 0 bridgehead atoms. The Morgan fingerprint density at radius 2 is 0.958 bits per heavy atom. The Morgan fingerprint density at radius 3 is 1.31 bits per heavy atom. The van der Waals surface area contributed by atoms with E-state index in [2.05, 4.69) is 0 Å². The maximum absolute atomic E-state index is 13.4. The van der Waals surface area contributed by atoms with Gasteiger partial charge in [0.1, 0.15) is 34.8 Å². The lowest BCUT2D eigenvalue weighted by molar-refractivity contribution is -0.157. The van der Waals surface area contributed by atoms with Crippen molar-refractivity contribution in [2.75, 3.05) is 20.8 Å². The Labute approximate surface area is 284 Å². The summed E-state index contributed by atoms with van der Waals surface area (Å²) in [5.41, 5.74) is 1.41. The van der Waals surface area contributed by atoms with E-state index >= 15 is 0 Å². The Hall–Kier alpha value is -4.21. The fourth-order valence-electron chi connectivity index (χ4n) is 5.22. The second-order valence-corrected chi connectivity index (χ2v) is 14.6. The normalized spacial score (nSPS) is 13.3. The van der Waals surface area contributed by atoms with Gasteiger partial charge in [0.25, 0.3) is 0 Å². The first-order chi connectivity index (χ1) is 22.2. The molecule has 0 radical (unpaired) electrons. The summed E-state index contributed by atoms with van der Waals surface area (Å²) in [6, 6.07) is 17.8. The van der Waals surface area contributed by atoms with E-state index in [9.17, 15) is 14.4 Å². The molecule has 0 fully saturated rings. The fraction of sp³-hybridized carbons (Fsp3) is 0.462. The van der Waals surface area contributed by atoms with Crippen molar-refractivity contribution in [2.24, 2.45) is 0 Å². The van der Waals surface area contributed by atoms with Crippen molar-refractivity contribution in [2.45, 2.75) is 98.2 Å². The molecule has 0 aliphatic carbocycles. The largest absolute Gasteiger partial charge is 0.481 e. The number of esters is 3. The third-order valence-electron chi connectivity index (χ3n) is 6.81. The Morgan fingerprint density at radius 1 is 0.583 bits per heavy atom. The maximum Gasteiger partial charge on any atom is 0.344 e. The summed E-state index contributed by atoms with van der Waals surface area (Å²) in [5, 5.41) is 0. The predicted molar refractivity (Wildman–Crippen MR) is 183 cm³/mol. The molecule has 0 aliphatic rings. The molecule has 0 saturated heterocycles. The number of benzene rings is 3. The van der Waals surface area contributed by atoms with Crippen molar-refractivity contribution in [1.29, 1.82) is 0 Å². The molecule has 2 atom stereocenters. The number of carbonyl (C=O) groups is 3. The zero-order valence-electron chi connectivity index (χ0n) is 30.3. The lowest BCUT2D eigenvalue weighted by Gasteiger charge is -2.28. The predicted octanol–water partition coefficient (Wildman–Crippen LogP) is 8.10. The van der Waals surface area contributed by atoms with E-state index in [1.165, 1.54) is 14.2 Å². The molecule has 9 heteroatoms. The first-order valence-electron chi connectivity index (χ1n) is 15.9. The van der Waals surface area contributed by atoms with Gasteiger partial charge in [-0.3, -0.25) is 0 Å². The summed E-state index contributed by atoms with van der Waals surface area (Å²) in [4.78, 5) is 39.8. The van der Waals surface area contributed by atoms with Gasteiger partial charge in [0.2, 0.25) is 0 Å². The van der Waals surface area contributed by atoms with E-state index in [0.717, 1.165) is 5.56 Å². The topological polar surface area (TPSA) is 107 Å². The molecular weight excluding hydrogens is 612 g/mol. The third kappa shape index (κ3) is 10.4. The minimum Gasteiger partial charge on any atom is -0.481 e. The van der Waals surface area contributed by atoms with Gasteiger partial charge in [-0.1, -0.05) is 42.0 Å². The lowest BCUT2D eigenvalue weighted by Crippen LogP contribution is -2.28. The molecule has 0 heterocycles. The molecule has 0 aliphatic heterocycles. The minimum absolute atomic E-state index is 0.281. The van der Waals surface area contributed by atoms with Crippen LogP contribution in [0.1, 0.15) is 123 Å². The van der Waals surface area contributed by atoms with E-state index in [4.69, 9.17) is 28.4 Å². The highest BCUT2D eigenvalue weighted by atomic mass is 16.6. The van der Waals surface area contributed by atoms with Crippen LogP contribution in [0.5, 0.6) is 5.75 Å². The third-order valence-corrected chi connectivity index (χ3v) is 6.81. The van der Waals surface area contributed by atoms with Crippen molar-refractivity contribution in [3.63, 3.8) is 0 Å². The molecule has 3 aromatic rings. The van der Waals surface area contributed by atoms with Gasteiger partial charge in [0.05, 0.1) is 11.1 Å². The summed E-state index contributed by atoms with van der Waals surface area (Å²) < 4.78 is 35.5. The van der Waals surface area contributed by atoms with Gasteiger partial charge >= 0.3 is 17.9 Å². The lowest BCUT2D eigenvalue weighted by atomic mass is 9.89. The first kappa shape index (κ1) is 38.2. The van der Waals surface area contributed by atoms with Crippen molar-refractivity contribution < 1.29 is 42.8 Å². The molecule has 260 valence electrons. The highest BCUT2D eigenvalue weighted by molar-refractivity contribution is 5.92. The monoisotopic (exact) mass is 662 g/mol. The smallest absolute Gasteiger partial charge is 0.344 e. The number of hydrogen-bond donors (Lipinski definition) is 0. The van der Waals surface area contributed by atoms with Crippen molar-refractivity contribution in [3.8, 4) is 5.75 Å². The molecule has 3 rings (SSSR count). The molecule has 2 unspecified atom stereocenters. The van der Waals surface area contributed by atoms with Crippen molar-refractivity contribution in [3.05, 3.63) is 99.6 Å². The Bertz CT molecular complexity index is 1500. The highest BCUT2D eigenvalue weighted by Gasteiger charge is 2.32. The molecular formula is C39H50O9. The molecule has 0 spiro atoms. The Balaban J connectivity index is 2.30. The average molecular weight is 663 g/mol. The number of aryl methyl sites for hydroxylation is 1. The Kier molecular flexibility index (Phi) is 12.2. The van der Waals surface area contributed by atoms with Crippen LogP contribution >= 0.6 is 0 Å². The van der Waals surface area contributed by atoms with Crippen LogP contribution in [-0.4, -0.2) is 55.5 Å². The van der Waals surface area contributed by atoms with E-state index in [0.29, 0.717) is 33.4 Å². The molecule has 3 aromatic carbocycles. The van der Waals surface area contributed by atoms with Crippen LogP contribution in [0, 0.1) is 6.92 Å². The number of rotatable bonds is 11. The number of ether oxygens (including phenoxy) is 6. The minimum atomic E-state index is -0.834. The first-order valence-corrected chi connectivity index (χ1v) is 15.9. The SMILES string of the molecule is COC(c1ccccc1C(=O)OC(C)(C)C)c1cc(C)cc(C(OC)c2ccccc2C(=O)OC(C)(C)C)c1OCC(=O)OC(C)(C)C. The molecule has 0 saturated carbocycles. The van der Waals surface area contributed by atoms with E-state index in [1.807, 2.05) is 31.2 Å². The second kappa shape index (κ2) is 15.3. The molecule has 0 aromatic heterocycles. The van der Waals surface area contributed by atoms with Crippen LogP contribution in [0.2, 0.25) is 0 Å². The van der Waals surface area contributed by atoms with Crippen LogP contribution < -0.4 is 4.74 Å². The molecule has 0 amide bonds. The van der Waals surface area contributed by atoms with Gasteiger partial charge in [-0.05, 0) is 105 Å². The van der Waals surface area contributed by atoms with Crippen LogP contribution in [-0.2, 0) is 28.5 Å². The molecule has 48 heavy (non-hydrogen) atoms. The maximum atomic E-state index is 13.4.